The maximum atomic E-state index is 9.89. The summed E-state index contributed by atoms with van der Waals surface area (Å²) in [5, 5.41) is 19.4. The van der Waals surface area contributed by atoms with Crippen LogP contribution in [0, 0.1) is 0 Å². The van der Waals surface area contributed by atoms with E-state index in [-0.39, 0.29) is 17.6 Å². The zero-order chi connectivity index (χ0) is 15.0. The van der Waals surface area contributed by atoms with Crippen molar-refractivity contribution >= 4 is 5.57 Å². The first-order valence-electron chi connectivity index (χ1n) is 6.64. The Morgan fingerprint density at radius 2 is 1.90 bits per heavy atom. The van der Waals surface area contributed by atoms with Gasteiger partial charge in [0.1, 0.15) is 17.6 Å². The van der Waals surface area contributed by atoms with Crippen LogP contribution in [0.15, 0.2) is 42.5 Å². The molecule has 1 unspecified atom stereocenters. The van der Waals surface area contributed by atoms with E-state index in [1.54, 1.807) is 30.3 Å². The molecule has 108 valence electrons. The summed E-state index contributed by atoms with van der Waals surface area (Å²) in [5.41, 5.74) is 2.74. The number of fused-ring (bicyclic) bond motifs is 1. The molecule has 2 N–H and O–H groups in total. The van der Waals surface area contributed by atoms with Crippen LogP contribution in [0.25, 0.3) is 5.57 Å². The molecule has 1 aliphatic rings. The van der Waals surface area contributed by atoms with Crippen LogP contribution in [0.4, 0.5) is 0 Å². The highest BCUT2D eigenvalue weighted by atomic mass is 16.5. The molecular weight excluding hydrogens is 268 g/mol. The maximum absolute atomic E-state index is 9.89. The van der Waals surface area contributed by atoms with Gasteiger partial charge in [0.2, 0.25) is 0 Å². The van der Waals surface area contributed by atoms with Gasteiger partial charge in [-0.05, 0) is 48.9 Å². The van der Waals surface area contributed by atoms with Gasteiger partial charge in [-0.1, -0.05) is 6.07 Å². The van der Waals surface area contributed by atoms with E-state index in [0.29, 0.717) is 11.5 Å². The normalized spacial score (nSPS) is 16.7. The second kappa shape index (κ2) is 5.05. The topological polar surface area (TPSA) is 58.9 Å². The van der Waals surface area contributed by atoms with Gasteiger partial charge in [0.25, 0.3) is 0 Å². The van der Waals surface area contributed by atoms with Gasteiger partial charge in [0, 0.05) is 11.1 Å². The van der Waals surface area contributed by atoms with Gasteiger partial charge < -0.3 is 19.7 Å². The Hall–Kier alpha value is -2.62. The second-order valence-corrected chi connectivity index (χ2v) is 5.00. The highest BCUT2D eigenvalue weighted by Crippen LogP contribution is 2.40. The van der Waals surface area contributed by atoms with Gasteiger partial charge >= 0.3 is 0 Å². The minimum Gasteiger partial charge on any atom is -0.508 e. The average molecular weight is 284 g/mol. The van der Waals surface area contributed by atoms with Crippen molar-refractivity contribution in [3.05, 3.63) is 53.6 Å². The van der Waals surface area contributed by atoms with Crippen molar-refractivity contribution in [2.24, 2.45) is 0 Å². The van der Waals surface area contributed by atoms with Gasteiger partial charge in [-0.2, -0.15) is 0 Å². The number of hydrogen-bond acceptors (Lipinski definition) is 4. The maximum Gasteiger partial charge on any atom is 0.160 e. The van der Waals surface area contributed by atoms with Crippen LogP contribution in [0.2, 0.25) is 0 Å². The van der Waals surface area contributed by atoms with Crippen LogP contribution in [-0.4, -0.2) is 17.3 Å². The van der Waals surface area contributed by atoms with Crippen molar-refractivity contribution in [2.75, 3.05) is 7.11 Å². The van der Waals surface area contributed by atoms with Crippen molar-refractivity contribution in [1.29, 1.82) is 0 Å². The monoisotopic (exact) mass is 284 g/mol. The van der Waals surface area contributed by atoms with Crippen molar-refractivity contribution in [3.8, 4) is 23.0 Å². The third kappa shape index (κ3) is 2.40. The lowest BCUT2D eigenvalue weighted by Crippen LogP contribution is -2.10. The average Bonchev–Trinajstić information content (AvgIpc) is 2.47. The standard InChI is InChI=1S/C17H16O4/c1-10-7-17(11-3-5-16(20-2)14(19)8-11)21-15-6-4-12(18)9-13(10)15/h3-9,17-19H,1-2H3. The van der Waals surface area contributed by atoms with Crippen molar-refractivity contribution < 1.29 is 19.7 Å². The first-order valence-corrected chi connectivity index (χ1v) is 6.64. The minimum absolute atomic E-state index is 0.0844. The molecule has 0 saturated carbocycles. The molecule has 1 heterocycles. The molecule has 21 heavy (non-hydrogen) atoms. The Morgan fingerprint density at radius 3 is 2.62 bits per heavy atom. The van der Waals surface area contributed by atoms with E-state index >= 15 is 0 Å². The van der Waals surface area contributed by atoms with Crippen LogP contribution in [0.3, 0.4) is 0 Å². The first kappa shape index (κ1) is 13.4. The largest absolute Gasteiger partial charge is 0.508 e. The highest BCUT2D eigenvalue weighted by Gasteiger charge is 2.21. The molecule has 4 nitrogen and oxygen atoms in total. The fraction of sp³-hybridized carbons (Fsp3) is 0.176. The summed E-state index contributed by atoms with van der Waals surface area (Å²) in [6.07, 6.45) is 1.68. The summed E-state index contributed by atoms with van der Waals surface area (Å²) in [6, 6.07) is 10.2. The van der Waals surface area contributed by atoms with E-state index in [9.17, 15) is 10.2 Å². The molecule has 0 aromatic heterocycles. The highest BCUT2D eigenvalue weighted by molar-refractivity contribution is 5.72. The first-order chi connectivity index (χ1) is 10.1. The molecule has 0 amide bonds. The van der Waals surface area contributed by atoms with E-state index in [1.165, 1.54) is 7.11 Å². The fourth-order valence-electron chi connectivity index (χ4n) is 2.46. The molecule has 0 spiro atoms. The summed E-state index contributed by atoms with van der Waals surface area (Å²) in [4.78, 5) is 0. The summed E-state index contributed by atoms with van der Waals surface area (Å²) >= 11 is 0. The van der Waals surface area contributed by atoms with E-state index in [1.807, 2.05) is 19.1 Å². The van der Waals surface area contributed by atoms with E-state index in [0.717, 1.165) is 16.7 Å². The summed E-state index contributed by atoms with van der Waals surface area (Å²) in [7, 11) is 1.51. The Labute approximate surface area is 122 Å². The van der Waals surface area contributed by atoms with Crippen molar-refractivity contribution in [1.82, 2.24) is 0 Å². The number of hydrogen-bond donors (Lipinski definition) is 2. The van der Waals surface area contributed by atoms with Crippen LogP contribution >= 0.6 is 0 Å². The van der Waals surface area contributed by atoms with Gasteiger partial charge in [-0.25, -0.2) is 0 Å². The summed E-state index contributed by atoms with van der Waals surface area (Å²) < 4.78 is 11.0. The molecule has 0 saturated heterocycles. The molecule has 0 aliphatic carbocycles. The third-order valence-corrected chi connectivity index (χ3v) is 3.57. The minimum atomic E-state index is -0.279. The molecule has 0 fully saturated rings. The Bertz CT molecular complexity index is 719. The molecule has 0 bridgehead atoms. The molecule has 1 aliphatic heterocycles. The number of phenolic OH excluding ortho intramolecular Hbond substituents is 2. The van der Waals surface area contributed by atoms with Crippen molar-refractivity contribution in [3.63, 3.8) is 0 Å². The fourth-order valence-corrected chi connectivity index (χ4v) is 2.46. The predicted molar refractivity (Wildman–Crippen MR) is 79.8 cm³/mol. The number of allylic oxidation sites excluding steroid dienone is 1. The lowest BCUT2D eigenvalue weighted by atomic mass is 9.98. The van der Waals surface area contributed by atoms with Gasteiger partial charge in [0.15, 0.2) is 11.5 Å². The number of phenols is 2. The quantitative estimate of drug-likeness (QED) is 0.884. The molecule has 3 rings (SSSR count). The zero-order valence-corrected chi connectivity index (χ0v) is 11.8. The second-order valence-electron chi connectivity index (χ2n) is 5.00. The van der Waals surface area contributed by atoms with Crippen LogP contribution in [0.1, 0.15) is 24.2 Å². The number of rotatable bonds is 2. The lowest BCUT2D eigenvalue weighted by molar-refractivity contribution is 0.249. The smallest absolute Gasteiger partial charge is 0.160 e. The third-order valence-electron chi connectivity index (χ3n) is 3.57. The number of ether oxygens (including phenoxy) is 2. The SMILES string of the molecule is COc1ccc(C2C=C(C)c3cc(O)ccc3O2)cc1O. The van der Waals surface area contributed by atoms with E-state index in [2.05, 4.69) is 0 Å². The van der Waals surface area contributed by atoms with E-state index < -0.39 is 0 Å². The molecule has 4 heteroatoms. The molecular formula is C17H16O4. The van der Waals surface area contributed by atoms with Crippen LogP contribution in [-0.2, 0) is 0 Å². The molecule has 2 aromatic rings. The van der Waals surface area contributed by atoms with Gasteiger partial charge in [0.05, 0.1) is 7.11 Å². The number of benzene rings is 2. The summed E-state index contributed by atoms with van der Waals surface area (Å²) in [5.74, 6) is 1.44. The Morgan fingerprint density at radius 1 is 1.10 bits per heavy atom. The van der Waals surface area contributed by atoms with Crippen LogP contribution < -0.4 is 9.47 Å². The lowest BCUT2D eigenvalue weighted by Gasteiger charge is -2.25. The molecule has 1 atom stereocenters. The van der Waals surface area contributed by atoms with E-state index in [4.69, 9.17) is 9.47 Å². The molecule has 0 radical (unpaired) electrons. The van der Waals surface area contributed by atoms with Crippen LogP contribution in [0.5, 0.6) is 23.0 Å². The Kier molecular flexibility index (Phi) is 3.22. The van der Waals surface area contributed by atoms with Gasteiger partial charge in [-0.15, -0.1) is 0 Å². The Balaban J connectivity index is 1.98. The van der Waals surface area contributed by atoms with Crippen molar-refractivity contribution in [2.45, 2.75) is 13.0 Å². The van der Waals surface area contributed by atoms with Gasteiger partial charge in [-0.3, -0.25) is 0 Å². The number of aromatic hydroxyl groups is 2. The molecule has 2 aromatic carbocycles. The predicted octanol–water partition coefficient (Wildman–Crippen LogP) is 3.64. The zero-order valence-electron chi connectivity index (χ0n) is 11.8. The summed E-state index contributed by atoms with van der Waals surface area (Å²) in [6.45, 7) is 1.97. The number of methoxy groups -OCH3 is 1.